The summed E-state index contributed by atoms with van der Waals surface area (Å²) in [6.45, 7) is 4.55. The molecule has 0 radical (unpaired) electrons. The second kappa shape index (κ2) is 6.10. The second-order valence-electron chi connectivity index (χ2n) is 6.38. The number of hydrogen-bond acceptors (Lipinski definition) is 5. The molecular formula is C16H20N4O4. The number of rotatable bonds is 3. The highest BCUT2D eigenvalue weighted by Gasteiger charge is 2.34. The quantitative estimate of drug-likeness (QED) is 0.909. The highest BCUT2D eigenvalue weighted by molar-refractivity contribution is 5.94. The molecule has 0 spiro atoms. The number of nitrogens with zero attached hydrogens (tertiary/aromatic N) is 3. The maximum absolute atomic E-state index is 12.8. The number of hydrogen-bond donors (Lipinski definition) is 1. The fraction of sp³-hybridized carbons (Fsp3) is 0.500. The van der Waals surface area contributed by atoms with Crippen LogP contribution in [-0.4, -0.2) is 32.1 Å². The molecule has 1 aliphatic heterocycles. The van der Waals surface area contributed by atoms with Crippen LogP contribution in [0.3, 0.4) is 0 Å². The molecule has 1 N–H and O–H groups in total. The van der Waals surface area contributed by atoms with Gasteiger partial charge in [0.25, 0.3) is 11.5 Å². The third-order valence-corrected chi connectivity index (χ3v) is 4.31. The van der Waals surface area contributed by atoms with Crippen LogP contribution in [0.1, 0.15) is 60.5 Å². The van der Waals surface area contributed by atoms with Crippen LogP contribution < -0.4 is 11.2 Å². The van der Waals surface area contributed by atoms with E-state index in [2.05, 4.69) is 10.1 Å². The molecule has 128 valence electrons. The Morgan fingerprint density at radius 2 is 2.17 bits per heavy atom. The van der Waals surface area contributed by atoms with Gasteiger partial charge in [0.1, 0.15) is 17.0 Å². The van der Waals surface area contributed by atoms with E-state index in [1.165, 1.54) is 17.8 Å². The van der Waals surface area contributed by atoms with Crippen LogP contribution >= 0.6 is 0 Å². The molecule has 0 bridgehead atoms. The van der Waals surface area contributed by atoms with Crippen molar-refractivity contribution in [2.45, 2.75) is 38.6 Å². The molecule has 3 heterocycles. The van der Waals surface area contributed by atoms with Crippen molar-refractivity contribution < 1.29 is 9.32 Å². The topological polar surface area (TPSA) is 101 Å². The molecule has 24 heavy (non-hydrogen) atoms. The molecule has 1 atom stereocenters. The summed E-state index contributed by atoms with van der Waals surface area (Å²) < 4.78 is 6.52. The van der Waals surface area contributed by atoms with Crippen LogP contribution in [0.25, 0.3) is 0 Å². The van der Waals surface area contributed by atoms with E-state index in [1.54, 1.807) is 4.90 Å². The Hall–Kier alpha value is -2.64. The average molecular weight is 332 g/mol. The molecule has 8 nitrogen and oxygen atoms in total. The van der Waals surface area contributed by atoms with Gasteiger partial charge in [-0.2, -0.15) is 0 Å². The number of aromatic amines is 1. The van der Waals surface area contributed by atoms with E-state index < -0.39 is 17.2 Å². The summed E-state index contributed by atoms with van der Waals surface area (Å²) in [4.78, 5) is 40.0. The van der Waals surface area contributed by atoms with E-state index in [4.69, 9.17) is 4.52 Å². The monoisotopic (exact) mass is 332 g/mol. The van der Waals surface area contributed by atoms with Crippen LogP contribution in [0.2, 0.25) is 0 Å². The first kappa shape index (κ1) is 16.2. The summed E-state index contributed by atoms with van der Waals surface area (Å²) in [5.41, 5.74) is -0.563. The smallest absolute Gasteiger partial charge is 0.328 e. The van der Waals surface area contributed by atoms with Crippen LogP contribution in [-0.2, 0) is 7.05 Å². The van der Waals surface area contributed by atoms with Crippen molar-refractivity contribution in [2.24, 2.45) is 7.05 Å². The third kappa shape index (κ3) is 2.79. The number of amides is 1. The minimum Gasteiger partial charge on any atom is -0.361 e. The first-order valence-corrected chi connectivity index (χ1v) is 7.96. The molecule has 1 fully saturated rings. The minimum absolute atomic E-state index is 0.0448. The SMILES string of the molecule is CC(C)c1cc([C@H]2CCCN2C(=O)c2cn(C)c(=O)[nH]c2=O)no1. The lowest BCUT2D eigenvalue weighted by Gasteiger charge is -2.22. The number of carbonyl (C=O) groups excluding carboxylic acids is 1. The Balaban J connectivity index is 1.92. The molecule has 0 unspecified atom stereocenters. The standard InChI is InChI=1S/C16H20N4O4/c1-9(2)13-7-11(18-24-13)12-5-4-6-20(12)15(22)10-8-19(3)16(23)17-14(10)21/h7-9,12H,4-6H2,1-3H3,(H,17,21,23)/t12-/m1/s1. The number of aryl methyl sites for hydroxylation is 1. The molecule has 1 amide bonds. The zero-order chi connectivity index (χ0) is 17.4. The Bertz CT molecular complexity index is 877. The fourth-order valence-corrected chi connectivity index (χ4v) is 2.92. The first-order chi connectivity index (χ1) is 11.4. The van der Waals surface area contributed by atoms with Gasteiger partial charge in [0, 0.05) is 31.8 Å². The zero-order valence-corrected chi connectivity index (χ0v) is 13.9. The van der Waals surface area contributed by atoms with Crippen LogP contribution in [0.5, 0.6) is 0 Å². The number of nitrogens with one attached hydrogen (secondary N) is 1. The Labute approximate surface area is 138 Å². The van der Waals surface area contributed by atoms with Gasteiger partial charge < -0.3 is 14.0 Å². The highest BCUT2D eigenvalue weighted by Crippen LogP contribution is 2.33. The van der Waals surface area contributed by atoms with Crippen molar-refractivity contribution >= 4 is 5.91 Å². The highest BCUT2D eigenvalue weighted by atomic mass is 16.5. The maximum Gasteiger partial charge on any atom is 0.328 e. The summed E-state index contributed by atoms with van der Waals surface area (Å²) in [6.07, 6.45) is 2.87. The summed E-state index contributed by atoms with van der Waals surface area (Å²) in [5, 5.41) is 4.09. The van der Waals surface area contributed by atoms with Gasteiger partial charge in [-0.3, -0.25) is 14.6 Å². The molecule has 2 aromatic rings. The van der Waals surface area contributed by atoms with Gasteiger partial charge in [-0.25, -0.2) is 4.79 Å². The Morgan fingerprint density at radius 1 is 1.42 bits per heavy atom. The summed E-state index contributed by atoms with van der Waals surface area (Å²) >= 11 is 0. The molecule has 0 aromatic carbocycles. The van der Waals surface area contributed by atoms with E-state index in [0.717, 1.165) is 18.6 Å². The Morgan fingerprint density at radius 3 is 2.83 bits per heavy atom. The number of aromatic nitrogens is 3. The predicted molar refractivity (Wildman–Crippen MR) is 85.9 cm³/mol. The summed E-state index contributed by atoms with van der Waals surface area (Å²) in [5.74, 6) is 0.580. The van der Waals surface area contributed by atoms with Gasteiger partial charge in [0.2, 0.25) is 0 Å². The van der Waals surface area contributed by atoms with Crippen molar-refractivity contribution in [3.05, 3.63) is 50.1 Å². The van der Waals surface area contributed by atoms with Crippen LogP contribution in [0.15, 0.2) is 26.4 Å². The minimum atomic E-state index is -0.670. The van der Waals surface area contributed by atoms with Crippen molar-refractivity contribution in [1.82, 2.24) is 19.6 Å². The van der Waals surface area contributed by atoms with Crippen molar-refractivity contribution in [3.63, 3.8) is 0 Å². The third-order valence-electron chi connectivity index (χ3n) is 4.31. The maximum atomic E-state index is 12.8. The van der Waals surface area contributed by atoms with Crippen molar-refractivity contribution in [3.8, 4) is 0 Å². The average Bonchev–Trinajstić information content (AvgIpc) is 3.18. The van der Waals surface area contributed by atoms with Crippen LogP contribution in [0.4, 0.5) is 0 Å². The van der Waals surface area contributed by atoms with E-state index in [1.807, 2.05) is 19.9 Å². The van der Waals surface area contributed by atoms with Crippen LogP contribution in [0, 0.1) is 0 Å². The lowest BCUT2D eigenvalue weighted by molar-refractivity contribution is 0.0728. The molecule has 8 heteroatoms. The molecule has 1 aliphatic rings. The normalized spacial score (nSPS) is 17.7. The Kier molecular flexibility index (Phi) is 4.13. The molecule has 3 rings (SSSR count). The van der Waals surface area contributed by atoms with Gasteiger partial charge in [-0.15, -0.1) is 0 Å². The molecule has 0 saturated carbocycles. The van der Waals surface area contributed by atoms with Gasteiger partial charge in [-0.1, -0.05) is 19.0 Å². The lowest BCUT2D eigenvalue weighted by Crippen LogP contribution is -2.38. The first-order valence-electron chi connectivity index (χ1n) is 7.96. The fourth-order valence-electron chi connectivity index (χ4n) is 2.92. The molecule has 2 aromatic heterocycles. The number of H-pyrrole nitrogens is 1. The largest absolute Gasteiger partial charge is 0.361 e. The van der Waals surface area contributed by atoms with Crippen molar-refractivity contribution in [1.29, 1.82) is 0 Å². The predicted octanol–water partition coefficient (Wildman–Crippen LogP) is 1.16. The lowest BCUT2D eigenvalue weighted by atomic mass is 10.1. The van der Waals surface area contributed by atoms with Gasteiger partial charge in [-0.05, 0) is 12.8 Å². The summed E-state index contributed by atoms with van der Waals surface area (Å²) in [6, 6.07) is 1.65. The zero-order valence-electron chi connectivity index (χ0n) is 13.9. The van der Waals surface area contributed by atoms with E-state index in [0.29, 0.717) is 12.2 Å². The van der Waals surface area contributed by atoms with Gasteiger partial charge in [0.15, 0.2) is 0 Å². The van der Waals surface area contributed by atoms with Crippen molar-refractivity contribution in [2.75, 3.05) is 6.54 Å². The van der Waals surface area contributed by atoms with E-state index in [-0.39, 0.29) is 17.5 Å². The van der Waals surface area contributed by atoms with Gasteiger partial charge >= 0.3 is 5.69 Å². The molecule has 1 saturated heterocycles. The number of carbonyl (C=O) groups is 1. The molecular weight excluding hydrogens is 312 g/mol. The number of likely N-dealkylation sites (tertiary alicyclic amines) is 1. The van der Waals surface area contributed by atoms with E-state index >= 15 is 0 Å². The van der Waals surface area contributed by atoms with Gasteiger partial charge in [0.05, 0.1) is 6.04 Å². The molecule has 0 aliphatic carbocycles. The summed E-state index contributed by atoms with van der Waals surface area (Å²) in [7, 11) is 1.49. The van der Waals surface area contributed by atoms with E-state index in [9.17, 15) is 14.4 Å². The second-order valence-corrected chi connectivity index (χ2v) is 6.38.